The van der Waals surface area contributed by atoms with Crippen LogP contribution in [0.25, 0.3) is 0 Å². The lowest BCUT2D eigenvalue weighted by atomic mass is 10.0. The SMILES string of the molecule is C=C(C(=O)O)C(C)C=CC#N.C=C(C)C(=O)O.C=C(Cl)Cl. The van der Waals surface area contributed by atoms with E-state index in [1.165, 1.54) is 19.1 Å². The molecule has 0 saturated carbocycles. The molecule has 0 radical (unpaired) electrons. The molecule has 0 spiro atoms. The highest BCUT2D eigenvalue weighted by molar-refractivity contribution is 6.55. The zero-order valence-electron chi connectivity index (χ0n) is 11.8. The van der Waals surface area contributed by atoms with Crippen LogP contribution in [0, 0.1) is 17.2 Å². The number of carboxylic acid groups (broad SMARTS) is 2. The van der Waals surface area contributed by atoms with Crippen molar-refractivity contribution >= 4 is 35.1 Å². The van der Waals surface area contributed by atoms with Crippen LogP contribution < -0.4 is 0 Å². The lowest BCUT2D eigenvalue weighted by Gasteiger charge is -2.02. The van der Waals surface area contributed by atoms with Crippen LogP contribution in [0.15, 0.2) is 47.5 Å². The van der Waals surface area contributed by atoms with Crippen LogP contribution in [-0.4, -0.2) is 22.2 Å². The highest BCUT2D eigenvalue weighted by atomic mass is 35.5. The van der Waals surface area contributed by atoms with Gasteiger partial charge >= 0.3 is 11.9 Å². The number of halogens is 2. The average Bonchev–Trinajstić information content (AvgIpc) is 2.34. The van der Waals surface area contributed by atoms with E-state index in [-0.39, 0.29) is 21.6 Å². The molecule has 0 aromatic heterocycles. The largest absolute Gasteiger partial charge is 0.478 e. The highest BCUT2D eigenvalue weighted by Crippen LogP contribution is 2.08. The van der Waals surface area contributed by atoms with Gasteiger partial charge in [0.05, 0.1) is 10.6 Å². The van der Waals surface area contributed by atoms with E-state index in [0.717, 1.165) is 0 Å². The van der Waals surface area contributed by atoms with E-state index in [2.05, 4.69) is 19.7 Å². The smallest absolute Gasteiger partial charge is 0.331 e. The van der Waals surface area contributed by atoms with Gasteiger partial charge in [-0.3, -0.25) is 0 Å². The minimum Gasteiger partial charge on any atom is -0.478 e. The van der Waals surface area contributed by atoms with E-state index in [1.54, 1.807) is 13.0 Å². The fourth-order valence-corrected chi connectivity index (χ4v) is 0.498. The molecule has 0 rings (SSSR count). The Morgan fingerprint density at radius 1 is 1.19 bits per heavy atom. The summed E-state index contributed by atoms with van der Waals surface area (Å²) in [7, 11) is 0. The summed E-state index contributed by atoms with van der Waals surface area (Å²) in [5.41, 5.74) is 0.270. The van der Waals surface area contributed by atoms with Crippen molar-refractivity contribution in [1.29, 1.82) is 5.26 Å². The van der Waals surface area contributed by atoms with Crippen molar-refractivity contribution in [2.24, 2.45) is 5.92 Å². The van der Waals surface area contributed by atoms with Crippen LogP contribution in [0.3, 0.4) is 0 Å². The summed E-state index contributed by atoms with van der Waals surface area (Å²) < 4.78 is 0.111. The predicted octanol–water partition coefficient (Wildman–Crippen LogP) is 3.93. The minimum atomic E-state index is -1.03. The van der Waals surface area contributed by atoms with Crippen molar-refractivity contribution in [3.05, 3.63) is 47.5 Å². The topological polar surface area (TPSA) is 98.4 Å². The number of nitrogens with zero attached hydrogens (tertiary/aromatic N) is 1. The Kier molecular flexibility index (Phi) is 16.4. The Balaban J connectivity index is -0.000000272. The maximum Gasteiger partial charge on any atom is 0.331 e. The number of allylic oxidation sites excluding steroid dienone is 2. The van der Waals surface area contributed by atoms with Crippen molar-refractivity contribution in [3.8, 4) is 6.07 Å². The van der Waals surface area contributed by atoms with Crippen molar-refractivity contribution in [2.45, 2.75) is 13.8 Å². The Morgan fingerprint density at radius 2 is 1.52 bits per heavy atom. The lowest BCUT2D eigenvalue weighted by molar-refractivity contribution is -0.133. The fraction of sp³-hybridized carbons (Fsp3) is 0.214. The summed E-state index contributed by atoms with van der Waals surface area (Å²) in [6.45, 7) is 12.7. The van der Waals surface area contributed by atoms with Crippen LogP contribution in [0.1, 0.15) is 13.8 Å². The van der Waals surface area contributed by atoms with Crippen LogP contribution in [-0.2, 0) is 9.59 Å². The molecular weight excluding hydrogens is 317 g/mol. The van der Waals surface area contributed by atoms with Gasteiger partial charge < -0.3 is 10.2 Å². The average molecular weight is 334 g/mol. The summed E-state index contributed by atoms with van der Waals surface area (Å²) in [6, 6.07) is 1.78. The van der Waals surface area contributed by atoms with Gasteiger partial charge in [-0.15, -0.1) is 0 Å². The molecule has 0 aliphatic heterocycles. The summed E-state index contributed by atoms with van der Waals surface area (Å²) in [6.07, 6.45) is 2.75. The van der Waals surface area contributed by atoms with Crippen LogP contribution in [0.5, 0.6) is 0 Å². The molecule has 0 aromatic carbocycles. The van der Waals surface area contributed by atoms with Crippen LogP contribution in [0.4, 0.5) is 0 Å². The first-order valence-electron chi connectivity index (χ1n) is 5.34. The Hall–Kier alpha value is -2.03. The molecule has 0 fully saturated rings. The third kappa shape index (κ3) is 23.5. The number of carbonyl (C=O) groups is 2. The zero-order valence-corrected chi connectivity index (χ0v) is 13.3. The van der Waals surface area contributed by atoms with Gasteiger partial charge in [0, 0.05) is 23.1 Å². The molecular formula is C14H17Cl2NO4. The van der Waals surface area contributed by atoms with Gasteiger partial charge in [0.2, 0.25) is 0 Å². The van der Waals surface area contributed by atoms with E-state index < -0.39 is 11.9 Å². The monoisotopic (exact) mass is 333 g/mol. The molecule has 0 aromatic rings. The normalized spacial score (nSPS) is 9.86. The first kappa shape index (κ1) is 24.0. The molecule has 116 valence electrons. The van der Waals surface area contributed by atoms with Gasteiger partial charge in [-0.05, 0) is 6.92 Å². The second-order valence-corrected chi connectivity index (χ2v) is 4.64. The van der Waals surface area contributed by atoms with Crippen molar-refractivity contribution in [3.63, 3.8) is 0 Å². The molecule has 1 unspecified atom stereocenters. The molecule has 1 atom stereocenters. The third-order valence-electron chi connectivity index (χ3n) is 1.65. The van der Waals surface area contributed by atoms with Gasteiger partial charge in [0.15, 0.2) is 0 Å². The number of nitriles is 1. The molecule has 0 bridgehead atoms. The number of hydrogen-bond donors (Lipinski definition) is 2. The zero-order chi connectivity index (χ0) is 17.6. The maximum absolute atomic E-state index is 10.3. The molecule has 5 nitrogen and oxygen atoms in total. The second kappa shape index (κ2) is 14.4. The van der Waals surface area contributed by atoms with E-state index in [9.17, 15) is 9.59 Å². The Morgan fingerprint density at radius 3 is 1.71 bits per heavy atom. The highest BCUT2D eigenvalue weighted by Gasteiger charge is 2.09. The quantitative estimate of drug-likeness (QED) is 0.599. The number of carboxylic acids is 2. The second-order valence-electron chi connectivity index (χ2n) is 3.53. The molecule has 0 saturated heterocycles. The summed E-state index contributed by atoms with van der Waals surface area (Å²) in [5.74, 6) is -2.25. The van der Waals surface area contributed by atoms with Crippen molar-refractivity contribution in [2.75, 3.05) is 0 Å². The molecule has 0 aliphatic carbocycles. The fourth-order valence-electron chi connectivity index (χ4n) is 0.498. The maximum atomic E-state index is 10.3. The van der Waals surface area contributed by atoms with Crippen molar-refractivity contribution < 1.29 is 19.8 Å². The summed E-state index contributed by atoms with van der Waals surface area (Å²) in [5, 5.41) is 24.4. The van der Waals surface area contributed by atoms with E-state index in [0.29, 0.717) is 0 Å². The minimum absolute atomic E-state index is 0.0940. The first-order valence-corrected chi connectivity index (χ1v) is 6.09. The Bertz CT molecular complexity index is 460. The van der Waals surface area contributed by atoms with Crippen LogP contribution >= 0.6 is 23.2 Å². The van der Waals surface area contributed by atoms with E-state index in [4.69, 9.17) is 38.7 Å². The first-order chi connectivity index (χ1) is 9.47. The lowest BCUT2D eigenvalue weighted by Crippen LogP contribution is -2.05. The standard InChI is InChI=1S/C8H9NO2.C4H6O2.C2H2Cl2/c1-6(4-3-5-9)7(2)8(10)11;1-3(2)4(5)6;1-2(3)4/h3-4,6H,2H2,1H3,(H,10,11);1H2,2H3,(H,5,6);1H2. The van der Waals surface area contributed by atoms with Gasteiger partial charge in [-0.2, -0.15) is 5.26 Å². The van der Waals surface area contributed by atoms with Gasteiger partial charge in [0.1, 0.15) is 0 Å². The molecule has 21 heavy (non-hydrogen) atoms. The number of rotatable bonds is 4. The van der Waals surface area contributed by atoms with E-state index >= 15 is 0 Å². The molecule has 0 amide bonds. The number of hydrogen-bond acceptors (Lipinski definition) is 3. The number of aliphatic carboxylic acids is 2. The molecule has 0 aliphatic rings. The molecule has 2 N–H and O–H groups in total. The molecule has 7 heteroatoms. The predicted molar refractivity (Wildman–Crippen MR) is 84.0 cm³/mol. The van der Waals surface area contributed by atoms with Gasteiger partial charge in [-0.25, -0.2) is 9.59 Å². The molecule has 0 heterocycles. The summed E-state index contributed by atoms with van der Waals surface area (Å²) in [4.78, 5) is 19.9. The van der Waals surface area contributed by atoms with E-state index in [1.807, 2.05) is 0 Å². The Labute approximate surface area is 134 Å². The summed E-state index contributed by atoms with van der Waals surface area (Å²) >= 11 is 9.69. The van der Waals surface area contributed by atoms with Crippen LogP contribution in [0.2, 0.25) is 0 Å². The van der Waals surface area contributed by atoms with Gasteiger partial charge in [-0.1, -0.05) is 55.9 Å². The van der Waals surface area contributed by atoms with Gasteiger partial charge in [0.25, 0.3) is 0 Å². The van der Waals surface area contributed by atoms with Crippen molar-refractivity contribution in [1.82, 2.24) is 0 Å². The third-order valence-corrected chi connectivity index (χ3v) is 1.65.